The van der Waals surface area contributed by atoms with E-state index in [0.717, 1.165) is 24.2 Å². The molecular formula is C21H26N4O3. The zero-order chi connectivity index (χ0) is 19.3. The fraction of sp³-hybridized carbons (Fsp3) is 0.571. The van der Waals surface area contributed by atoms with Crippen LogP contribution in [0, 0.1) is 5.92 Å². The van der Waals surface area contributed by atoms with E-state index in [-0.39, 0.29) is 24.1 Å². The number of nitrogens with zero attached hydrogens (tertiary/aromatic N) is 1. The Hall–Kier alpha value is -2.25. The first-order chi connectivity index (χ1) is 13.6. The molecular weight excluding hydrogens is 356 g/mol. The first-order valence-electron chi connectivity index (χ1n) is 10.3. The summed E-state index contributed by atoms with van der Waals surface area (Å²) in [6.07, 6.45) is 4.38. The Balaban J connectivity index is 1.26. The second-order valence-electron chi connectivity index (χ2n) is 8.56. The largest absolute Gasteiger partial charge is 0.322 e. The molecule has 1 aliphatic carbocycles. The van der Waals surface area contributed by atoms with Crippen LogP contribution in [0.3, 0.4) is 0 Å². The van der Waals surface area contributed by atoms with Gasteiger partial charge in [-0.3, -0.25) is 19.7 Å². The van der Waals surface area contributed by atoms with E-state index in [2.05, 4.69) is 22.0 Å². The predicted molar refractivity (Wildman–Crippen MR) is 102 cm³/mol. The fourth-order valence-corrected chi connectivity index (χ4v) is 5.22. The van der Waals surface area contributed by atoms with Crippen molar-refractivity contribution in [2.45, 2.75) is 63.3 Å². The quantitative estimate of drug-likeness (QED) is 0.666. The summed E-state index contributed by atoms with van der Waals surface area (Å²) < 4.78 is 0. The van der Waals surface area contributed by atoms with E-state index < -0.39 is 6.04 Å². The molecule has 1 aromatic carbocycles. The third-order valence-corrected chi connectivity index (χ3v) is 6.81. The van der Waals surface area contributed by atoms with Gasteiger partial charge in [0.25, 0.3) is 5.91 Å². The number of carbonyl (C=O) groups is 3. The molecule has 3 aliphatic heterocycles. The number of benzene rings is 1. The molecule has 0 spiro atoms. The number of hydrogen-bond donors (Lipinski definition) is 3. The Bertz CT molecular complexity index is 839. The highest BCUT2D eigenvalue weighted by Crippen LogP contribution is 2.31. The summed E-state index contributed by atoms with van der Waals surface area (Å²) >= 11 is 0. The summed E-state index contributed by atoms with van der Waals surface area (Å²) in [7, 11) is 0. The van der Waals surface area contributed by atoms with Crippen LogP contribution in [0.1, 0.15) is 53.6 Å². The molecule has 2 bridgehead atoms. The summed E-state index contributed by atoms with van der Waals surface area (Å²) in [5.74, 6) is -0.0185. The van der Waals surface area contributed by atoms with Gasteiger partial charge in [-0.2, -0.15) is 0 Å². The Morgan fingerprint density at radius 1 is 1.14 bits per heavy atom. The van der Waals surface area contributed by atoms with Gasteiger partial charge < -0.3 is 15.5 Å². The van der Waals surface area contributed by atoms with Crippen LogP contribution in [0.5, 0.6) is 0 Å². The van der Waals surface area contributed by atoms with Crippen LogP contribution in [-0.2, 0) is 22.7 Å². The van der Waals surface area contributed by atoms with Crippen molar-refractivity contribution in [1.82, 2.24) is 20.9 Å². The molecule has 0 radical (unpaired) electrons. The highest BCUT2D eigenvalue weighted by atomic mass is 16.2. The Morgan fingerprint density at radius 2 is 2.04 bits per heavy atom. The molecule has 3 heterocycles. The molecule has 28 heavy (non-hydrogen) atoms. The number of hydrogen-bond acceptors (Lipinski definition) is 5. The highest BCUT2D eigenvalue weighted by molar-refractivity contribution is 6.05. The molecule has 1 aromatic rings. The molecule has 4 atom stereocenters. The lowest BCUT2D eigenvalue weighted by molar-refractivity contribution is -0.136. The smallest absolute Gasteiger partial charge is 0.255 e. The normalized spacial score (nSPS) is 31.9. The van der Waals surface area contributed by atoms with E-state index in [9.17, 15) is 14.4 Å². The Morgan fingerprint density at radius 3 is 2.89 bits per heavy atom. The van der Waals surface area contributed by atoms with Crippen molar-refractivity contribution in [2.75, 3.05) is 6.54 Å². The van der Waals surface area contributed by atoms with Crippen LogP contribution in [0.25, 0.3) is 0 Å². The Labute approximate surface area is 164 Å². The number of imide groups is 1. The zero-order valence-electron chi connectivity index (χ0n) is 15.9. The van der Waals surface area contributed by atoms with E-state index in [1.165, 1.54) is 19.3 Å². The van der Waals surface area contributed by atoms with Gasteiger partial charge in [0.1, 0.15) is 6.04 Å². The lowest BCUT2D eigenvalue weighted by Crippen LogP contribution is -2.52. The minimum Gasteiger partial charge on any atom is -0.322 e. The van der Waals surface area contributed by atoms with Crippen LogP contribution in [0.15, 0.2) is 18.2 Å². The third kappa shape index (κ3) is 3.12. The SMILES string of the molecule is O=C1CCC(N2Cc3ccc(CNC4CCC5CC4CN5)cc3C2=O)C(=O)N1. The molecule has 4 aliphatic rings. The number of rotatable bonds is 4. The van der Waals surface area contributed by atoms with Gasteiger partial charge >= 0.3 is 0 Å². The molecule has 5 rings (SSSR count). The zero-order valence-corrected chi connectivity index (χ0v) is 15.9. The third-order valence-electron chi connectivity index (χ3n) is 6.81. The molecule has 0 aromatic heterocycles. The van der Waals surface area contributed by atoms with Crippen LogP contribution < -0.4 is 16.0 Å². The predicted octanol–water partition coefficient (Wildman–Crippen LogP) is 0.678. The van der Waals surface area contributed by atoms with Crippen LogP contribution in [0.4, 0.5) is 0 Å². The van der Waals surface area contributed by atoms with Crippen LogP contribution >= 0.6 is 0 Å². The maximum absolute atomic E-state index is 12.9. The van der Waals surface area contributed by atoms with E-state index in [0.29, 0.717) is 36.5 Å². The first kappa shape index (κ1) is 17.8. The van der Waals surface area contributed by atoms with Crippen LogP contribution in [0.2, 0.25) is 0 Å². The second kappa shape index (κ2) is 6.97. The number of fused-ring (bicyclic) bond motifs is 3. The van der Waals surface area contributed by atoms with Crippen molar-refractivity contribution in [3.05, 3.63) is 34.9 Å². The Kier molecular flexibility index (Phi) is 4.44. The molecule has 7 heteroatoms. The molecule has 3 N–H and O–H groups in total. The average molecular weight is 382 g/mol. The lowest BCUT2D eigenvalue weighted by atomic mass is 9.85. The molecule has 4 unspecified atom stereocenters. The summed E-state index contributed by atoms with van der Waals surface area (Å²) in [5.41, 5.74) is 2.75. The summed E-state index contributed by atoms with van der Waals surface area (Å²) in [6.45, 7) is 2.29. The fourth-order valence-electron chi connectivity index (χ4n) is 5.22. The van der Waals surface area contributed by atoms with Gasteiger partial charge in [0.05, 0.1) is 0 Å². The topological polar surface area (TPSA) is 90.5 Å². The first-order valence-corrected chi connectivity index (χ1v) is 10.3. The number of nitrogens with one attached hydrogen (secondary N) is 3. The maximum Gasteiger partial charge on any atom is 0.255 e. The maximum atomic E-state index is 12.9. The summed E-state index contributed by atoms with van der Waals surface area (Å²) in [4.78, 5) is 38.1. The standard InChI is InChI=1S/C21H26N4O3/c26-19-6-5-18(20(27)24-19)25-11-13-2-1-12(7-16(13)21(25)28)9-23-17-4-3-15-8-14(17)10-22-15/h1-2,7,14-15,17-18,22-23H,3-6,8-11H2,(H,24,26,27). The van der Waals surface area contributed by atoms with Crippen molar-refractivity contribution in [2.24, 2.45) is 5.92 Å². The van der Waals surface area contributed by atoms with E-state index in [1.807, 2.05) is 12.1 Å². The number of amides is 3. The minimum absolute atomic E-state index is 0.105. The van der Waals surface area contributed by atoms with Crippen LogP contribution in [-0.4, -0.2) is 47.3 Å². The molecule has 3 amide bonds. The highest BCUT2D eigenvalue weighted by Gasteiger charge is 2.39. The van der Waals surface area contributed by atoms with Gasteiger partial charge in [0, 0.05) is 37.2 Å². The molecule has 7 nitrogen and oxygen atoms in total. The monoisotopic (exact) mass is 382 g/mol. The molecule has 148 valence electrons. The number of carbonyl (C=O) groups excluding carboxylic acids is 3. The van der Waals surface area contributed by atoms with Gasteiger partial charge in [-0.25, -0.2) is 0 Å². The van der Waals surface area contributed by atoms with E-state index in [4.69, 9.17) is 0 Å². The van der Waals surface area contributed by atoms with Crippen molar-refractivity contribution >= 4 is 17.7 Å². The van der Waals surface area contributed by atoms with Crippen molar-refractivity contribution in [1.29, 1.82) is 0 Å². The molecule has 3 fully saturated rings. The van der Waals surface area contributed by atoms with Crippen molar-refractivity contribution in [3.8, 4) is 0 Å². The van der Waals surface area contributed by atoms with Crippen molar-refractivity contribution < 1.29 is 14.4 Å². The van der Waals surface area contributed by atoms with Gasteiger partial charge in [0.15, 0.2) is 0 Å². The minimum atomic E-state index is -0.552. The lowest BCUT2D eigenvalue weighted by Gasteiger charge is -2.29. The average Bonchev–Trinajstić information content (AvgIpc) is 3.22. The molecule has 2 saturated heterocycles. The number of piperidine rings is 1. The van der Waals surface area contributed by atoms with Gasteiger partial charge in [-0.15, -0.1) is 0 Å². The van der Waals surface area contributed by atoms with E-state index >= 15 is 0 Å². The van der Waals surface area contributed by atoms with Gasteiger partial charge in [0.2, 0.25) is 11.8 Å². The van der Waals surface area contributed by atoms with Gasteiger partial charge in [-0.1, -0.05) is 12.1 Å². The van der Waals surface area contributed by atoms with Gasteiger partial charge in [-0.05, 0) is 55.3 Å². The summed E-state index contributed by atoms with van der Waals surface area (Å²) in [5, 5.41) is 9.62. The summed E-state index contributed by atoms with van der Waals surface area (Å²) in [6, 6.07) is 6.74. The second-order valence-corrected chi connectivity index (χ2v) is 8.56. The van der Waals surface area contributed by atoms with Crippen molar-refractivity contribution in [3.63, 3.8) is 0 Å². The van der Waals surface area contributed by atoms with E-state index in [1.54, 1.807) is 4.90 Å². The molecule has 1 saturated carbocycles.